The van der Waals surface area contributed by atoms with Crippen LogP contribution in [0.2, 0.25) is 0 Å². The molecular formula is C15H28N2O. The molecule has 18 heavy (non-hydrogen) atoms. The van der Waals surface area contributed by atoms with Gasteiger partial charge in [0.15, 0.2) is 0 Å². The first-order chi connectivity index (χ1) is 8.68. The summed E-state index contributed by atoms with van der Waals surface area (Å²) in [5.74, 6) is 0.932. The van der Waals surface area contributed by atoms with E-state index in [1.165, 1.54) is 44.9 Å². The van der Waals surface area contributed by atoms with Gasteiger partial charge < -0.3 is 10.6 Å². The van der Waals surface area contributed by atoms with E-state index in [0.29, 0.717) is 11.3 Å². The average Bonchev–Trinajstić information content (AvgIpc) is 2.39. The average molecular weight is 252 g/mol. The molecule has 0 spiro atoms. The molecule has 1 aliphatic carbocycles. The van der Waals surface area contributed by atoms with Gasteiger partial charge in [-0.15, -0.1) is 0 Å². The minimum absolute atomic E-state index is 0.279. The smallest absolute Gasteiger partial charge is 0.220 e. The van der Waals surface area contributed by atoms with Gasteiger partial charge in [0.05, 0.1) is 0 Å². The van der Waals surface area contributed by atoms with E-state index in [4.69, 9.17) is 0 Å². The first-order valence-electron chi connectivity index (χ1n) is 7.65. The molecule has 3 nitrogen and oxygen atoms in total. The van der Waals surface area contributed by atoms with E-state index in [9.17, 15) is 4.79 Å². The molecule has 0 bridgehead atoms. The van der Waals surface area contributed by atoms with Crippen molar-refractivity contribution in [3.8, 4) is 0 Å². The van der Waals surface area contributed by atoms with E-state index in [0.717, 1.165) is 26.1 Å². The van der Waals surface area contributed by atoms with Gasteiger partial charge in [0, 0.05) is 13.0 Å². The molecule has 1 amide bonds. The highest BCUT2D eigenvalue weighted by molar-refractivity contribution is 5.76. The summed E-state index contributed by atoms with van der Waals surface area (Å²) in [6, 6.07) is 0. The molecule has 0 unspecified atom stereocenters. The van der Waals surface area contributed by atoms with Crippen LogP contribution < -0.4 is 10.6 Å². The number of rotatable bonds is 4. The summed E-state index contributed by atoms with van der Waals surface area (Å²) in [4.78, 5) is 12.0. The van der Waals surface area contributed by atoms with Gasteiger partial charge in [0.2, 0.25) is 5.91 Å². The summed E-state index contributed by atoms with van der Waals surface area (Å²) in [5.41, 5.74) is 0.313. The summed E-state index contributed by atoms with van der Waals surface area (Å²) in [6.45, 7) is 5.35. The Balaban J connectivity index is 1.67. The van der Waals surface area contributed by atoms with Crippen molar-refractivity contribution in [2.75, 3.05) is 19.6 Å². The second kappa shape index (κ2) is 6.55. The topological polar surface area (TPSA) is 41.1 Å². The molecule has 3 heteroatoms. The van der Waals surface area contributed by atoms with Gasteiger partial charge in [0.25, 0.3) is 0 Å². The van der Waals surface area contributed by atoms with Crippen molar-refractivity contribution < 1.29 is 4.79 Å². The Bertz CT molecular complexity index is 266. The van der Waals surface area contributed by atoms with Crippen molar-refractivity contribution >= 4 is 5.91 Å². The number of piperidine rings is 1. The fraction of sp³-hybridized carbons (Fsp3) is 0.933. The van der Waals surface area contributed by atoms with Crippen LogP contribution in [0.15, 0.2) is 0 Å². The zero-order chi connectivity index (χ0) is 12.8. The maximum absolute atomic E-state index is 12.0. The number of hydrogen-bond donors (Lipinski definition) is 2. The van der Waals surface area contributed by atoms with Crippen LogP contribution in [-0.4, -0.2) is 25.5 Å². The largest absolute Gasteiger partial charge is 0.356 e. The maximum Gasteiger partial charge on any atom is 0.220 e. The van der Waals surface area contributed by atoms with Crippen molar-refractivity contribution in [2.45, 2.75) is 58.3 Å². The van der Waals surface area contributed by atoms with Gasteiger partial charge >= 0.3 is 0 Å². The summed E-state index contributed by atoms with van der Waals surface area (Å²) < 4.78 is 0. The van der Waals surface area contributed by atoms with Gasteiger partial charge in [-0.2, -0.15) is 0 Å². The molecule has 0 atom stereocenters. The lowest BCUT2D eigenvalue weighted by Gasteiger charge is -2.34. The molecule has 2 N–H and O–H groups in total. The Hall–Kier alpha value is -0.570. The quantitative estimate of drug-likeness (QED) is 0.807. The zero-order valence-corrected chi connectivity index (χ0v) is 11.8. The molecule has 0 radical (unpaired) electrons. The number of carbonyl (C=O) groups excluding carboxylic acids is 1. The van der Waals surface area contributed by atoms with E-state index in [-0.39, 0.29) is 5.91 Å². The molecule has 1 aliphatic heterocycles. The van der Waals surface area contributed by atoms with Crippen LogP contribution in [0.25, 0.3) is 0 Å². The lowest BCUT2D eigenvalue weighted by Crippen LogP contribution is -2.43. The lowest BCUT2D eigenvalue weighted by atomic mass is 9.81. The molecule has 1 saturated heterocycles. The van der Waals surface area contributed by atoms with Crippen LogP contribution >= 0.6 is 0 Å². The Morgan fingerprint density at radius 2 is 1.89 bits per heavy atom. The van der Waals surface area contributed by atoms with E-state index in [1.54, 1.807) is 0 Å². The number of carbonyl (C=O) groups is 1. The monoisotopic (exact) mass is 252 g/mol. The first kappa shape index (κ1) is 13.9. The van der Waals surface area contributed by atoms with Gasteiger partial charge in [0.1, 0.15) is 0 Å². The molecule has 0 aromatic rings. The Morgan fingerprint density at radius 3 is 2.56 bits per heavy atom. The number of nitrogens with one attached hydrogen (secondary N) is 2. The standard InChI is InChI=1S/C15H28N2O/c1-15(7-9-16-10-8-15)12-17-14(18)11-13-5-3-2-4-6-13/h13,16H,2-12H2,1H3,(H,17,18). The Kier molecular flexibility index (Phi) is 5.04. The van der Waals surface area contributed by atoms with E-state index in [2.05, 4.69) is 17.6 Å². The molecule has 2 rings (SSSR count). The van der Waals surface area contributed by atoms with E-state index in [1.807, 2.05) is 0 Å². The lowest BCUT2D eigenvalue weighted by molar-refractivity contribution is -0.122. The van der Waals surface area contributed by atoms with E-state index >= 15 is 0 Å². The second-order valence-electron chi connectivity index (χ2n) is 6.55. The molecule has 0 aromatic carbocycles. The fourth-order valence-electron chi connectivity index (χ4n) is 3.24. The second-order valence-corrected chi connectivity index (χ2v) is 6.55. The van der Waals surface area contributed by atoms with Crippen molar-refractivity contribution in [1.82, 2.24) is 10.6 Å². The van der Waals surface area contributed by atoms with Crippen LogP contribution in [0.1, 0.15) is 58.3 Å². The highest BCUT2D eigenvalue weighted by atomic mass is 16.1. The molecule has 2 fully saturated rings. The summed E-state index contributed by atoms with van der Waals surface area (Å²) in [7, 11) is 0. The SMILES string of the molecule is CC1(CNC(=O)CC2CCCCC2)CCNCC1. The predicted molar refractivity (Wildman–Crippen MR) is 74.4 cm³/mol. The molecule has 0 aromatic heterocycles. The van der Waals surface area contributed by atoms with Crippen LogP contribution in [-0.2, 0) is 4.79 Å². The van der Waals surface area contributed by atoms with Gasteiger partial charge in [-0.25, -0.2) is 0 Å². The molecular weight excluding hydrogens is 224 g/mol. The van der Waals surface area contributed by atoms with Crippen molar-refractivity contribution in [2.24, 2.45) is 11.3 Å². The minimum atomic E-state index is 0.279. The third kappa shape index (κ3) is 4.27. The normalized spacial score (nSPS) is 24.7. The van der Waals surface area contributed by atoms with Gasteiger partial charge in [-0.1, -0.05) is 26.2 Å². The van der Waals surface area contributed by atoms with E-state index < -0.39 is 0 Å². The summed E-state index contributed by atoms with van der Waals surface area (Å²) >= 11 is 0. The maximum atomic E-state index is 12.0. The minimum Gasteiger partial charge on any atom is -0.356 e. The van der Waals surface area contributed by atoms with Gasteiger partial charge in [-0.05, 0) is 50.1 Å². The first-order valence-corrected chi connectivity index (χ1v) is 7.65. The third-order valence-corrected chi connectivity index (χ3v) is 4.72. The number of amides is 1. The zero-order valence-electron chi connectivity index (χ0n) is 11.8. The van der Waals surface area contributed by atoms with Crippen molar-refractivity contribution in [3.63, 3.8) is 0 Å². The van der Waals surface area contributed by atoms with Crippen molar-refractivity contribution in [3.05, 3.63) is 0 Å². The summed E-state index contributed by atoms with van der Waals surface area (Å²) in [6.07, 6.45) is 9.64. The molecule has 104 valence electrons. The highest BCUT2D eigenvalue weighted by Gasteiger charge is 2.27. The number of hydrogen-bond acceptors (Lipinski definition) is 2. The molecule has 1 saturated carbocycles. The van der Waals surface area contributed by atoms with Gasteiger partial charge in [-0.3, -0.25) is 4.79 Å². The Labute approximate surface area is 111 Å². The summed E-state index contributed by atoms with van der Waals surface area (Å²) in [5, 5.41) is 6.55. The molecule has 1 heterocycles. The van der Waals surface area contributed by atoms with Crippen LogP contribution in [0, 0.1) is 11.3 Å². The molecule has 2 aliphatic rings. The third-order valence-electron chi connectivity index (χ3n) is 4.72. The fourth-order valence-corrected chi connectivity index (χ4v) is 3.24. The van der Waals surface area contributed by atoms with Crippen LogP contribution in [0.3, 0.4) is 0 Å². The Morgan fingerprint density at radius 1 is 1.22 bits per heavy atom. The highest BCUT2D eigenvalue weighted by Crippen LogP contribution is 2.28. The van der Waals surface area contributed by atoms with Crippen LogP contribution in [0.5, 0.6) is 0 Å². The van der Waals surface area contributed by atoms with Crippen LogP contribution in [0.4, 0.5) is 0 Å². The predicted octanol–water partition coefficient (Wildman–Crippen LogP) is 2.46. The van der Waals surface area contributed by atoms with Crippen molar-refractivity contribution in [1.29, 1.82) is 0 Å².